The fourth-order valence-electron chi connectivity index (χ4n) is 2.56. The molecular formula is C16H34IN3O. The van der Waals surface area contributed by atoms with Gasteiger partial charge in [-0.15, -0.1) is 24.0 Å². The molecule has 4 nitrogen and oxygen atoms in total. The van der Waals surface area contributed by atoms with E-state index in [0.29, 0.717) is 0 Å². The first-order valence-electron chi connectivity index (χ1n) is 8.34. The van der Waals surface area contributed by atoms with Gasteiger partial charge in [0, 0.05) is 26.2 Å². The second kappa shape index (κ2) is 12.5. The number of nitrogens with one attached hydrogen (secondary N) is 1. The highest BCUT2D eigenvalue weighted by atomic mass is 127. The van der Waals surface area contributed by atoms with Crippen molar-refractivity contribution in [2.24, 2.45) is 10.9 Å². The number of β-amino-alcohol motifs (C(OH)–C–C–N with tert-alkyl or cyclic N) is 1. The topological polar surface area (TPSA) is 47.9 Å². The number of rotatable bonds is 8. The Morgan fingerprint density at radius 3 is 2.57 bits per heavy atom. The summed E-state index contributed by atoms with van der Waals surface area (Å²) in [4.78, 5) is 6.86. The van der Waals surface area contributed by atoms with E-state index in [1.54, 1.807) is 0 Å². The van der Waals surface area contributed by atoms with Crippen LogP contribution in [-0.2, 0) is 0 Å². The maximum atomic E-state index is 9.61. The summed E-state index contributed by atoms with van der Waals surface area (Å²) in [7, 11) is 0. The van der Waals surface area contributed by atoms with Gasteiger partial charge in [-0.25, -0.2) is 0 Å². The van der Waals surface area contributed by atoms with Crippen LogP contribution in [-0.4, -0.2) is 48.2 Å². The number of likely N-dealkylation sites (tertiary alicyclic amines) is 1. The minimum absolute atomic E-state index is 0. The lowest BCUT2D eigenvalue weighted by Crippen LogP contribution is -2.40. The highest BCUT2D eigenvalue weighted by Gasteiger charge is 2.22. The summed E-state index contributed by atoms with van der Waals surface area (Å²) in [6.07, 6.45) is 7.14. The third-order valence-corrected chi connectivity index (χ3v) is 3.75. The van der Waals surface area contributed by atoms with Crippen LogP contribution in [0.15, 0.2) is 4.99 Å². The van der Waals surface area contributed by atoms with Gasteiger partial charge in [0.2, 0.25) is 0 Å². The van der Waals surface area contributed by atoms with Crippen molar-refractivity contribution in [1.29, 1.82) is 0 Å². The van der Waals surface area contributed by atoms with E-state index in [0.717, 1.165) is 44.5 Å². The number of aliphatic hydroxyl groups is 1. The van der Waals surface area contributed by atoms with Crippen molar-refractivity contribution < 1.29 is 5.11 Å². The standard InChI is InChI=1S/C16H33N3O.HI/c1-4-17-16(19-12-10-15(20)13-19)18-11-8-6-5-7-9-14(2)3;/h14-15,20H,4-13H2,1-3H3,(H,17,18);1H/t15-;/m1./s1. The number of halogens is 1. The van der Waals surface area contributed by atoms with E-state index in [-0.39, 0.29) is 30.1 Å². The molecule has 0 aromatic rings. The van der Waals surface area contributed by atoms with Crippen LogP contribution >= 0.6 is 24.0 Å². The van der Waals surface area contributed by atoms with E-state index in [2.05, 4.69) is 36.0 Å². The van der Waals surface area contributed by atoms with Gasteiger partial charge >= 0.3 is 0 Å². The lowest BCUT2D eigenvalue weighted by atomic mass is 10.0. The largest absolute Gasteiger partial charge is 0.391 e. The highest BCUT2D eigenvalue weighted by molar-refractivity contribution is 14.0. The Kier molecular flexibility index (Phi) is 12.5. The highest BCUT2D eigenvalue weighted by Crippen LogP contribution is 2.11. The van der Waals surface area contributed by atoms with E-state index < -0.39 is 0 Å². The van der Waals surface area contributed by atoms with Gasteiger partial charge < -0.3 is 15.3 Å². The Bertz CT molecular complexity index is 285. The zero-order chi connectivity index (χ0) is 14.8. The van der Waals surface area contributed by atoms with Gasteiger partial charge in [-0.3, -0.25) is 4.99 Å². The van der Waals surface area contributed by atoms with Gasteiger partial charge in [0.1, 0.15) is 0 Å². The third-order valence-electron chi connectivity index (χ3n) is 3.75. The molecule has 0 radical (unpaired) electrons. The number of aliphatic imine (C=N–C) groups is 1. The second-order valence-corrected chi connectivity index (χ2v) is 6.22. The fraction of sp³-hybridized carbons (Fsp3) is 0.938. The van der Waals surface area contributed by atoms with Crippen LogP contribution in [0.25, 0.3) is 0 Å². The maximum Gasteiger partial charge on any atom is 0.194 e. The molecule has 0 bridgehead atoms. The Hall–Kier alpha value is -0.0400. The average molecular weight is 411 g/mol. The molecule has 1 aliphatic heterocycles. The van der Waals surface area contributed by atoms with Crippen LogP contribution in [0.5, 0.6) is 0 Å². The molecule has 1 saturated heterocycles. The van der Waals surface area contributed by atoms with Crippen LogP contribution < -0.4 is 5.32 Å². The first-order chi connectivity index (χ1) is 9.63. The van der Waals surface area contributed by atoms with Gasteiger partial charge in [-0.1, -0.05) is 39.5 Å². The smallest absolute Gasteiger partial charge is 0.194 e. The molecule has 0 unspecified atom stereocenters. The molecule has 0 saturated carbocycles. The number of hydrogen-bond acceptors (Lipinski definition) is 2. The maximum absolute atomic E-state index is 9.61. The zero-order valence-corrected chi connectivity index (χ0v) is 16.3. The number of aliphatic hydroxyl groups excluding tert-OH is 1. The summed E-state index contributed by atoms with van der Waals surface area (Å²) in [5.41, 5.74) is 0. The molecule has 0 spiro atoms. The quantitative estimate of drug-likeness (QED) is 0.279. The summed E-state index contributed by atoms with van der Waals surface area (Å²) in [5, 5.41) is 12.9. The van der Waals surface area contributed by atoms with Gasteiger partial charge in [0.25, 0.3) is 0 Å². The van der Waals surface area contributed by atoms with E-state index in [1.807, 2.05) is 0 Å². The Morgan fingerprint density at radius 1 is 1.29 bits per heavy atom. The monoisotopic (exact) mass is 411 g/mol. The third kappa shape index (κ3) is 9.55. The van der Waals surface area contributed by atoms with Crippen molar-refractivity contribution in [2.45, 2.75) is 65.4 Å². The SMILES string of the molecule is CCNC(=NCCCCCCC(C)C)N1CC[C@@H](O)C1.I. The molecular weight excluding hydrogens is 377 g/mol. The van der Waals surface area contributed by atoms with Crippen LogP contribution in [0.2, 0.25) is 0 Å². The van der Waals surface area contributed by atoms with Crippen LogP contribution in [0.4, 0.5) is 0 Å². The van der Waals surface area contributed by atoms with Gasteiger partial charge in [0.05, 0.1) is 6.10 Å². The zero-order valence-electron chi connectivity index (χ0n) is 14.0. The van der Waals surface area contributed by atoms with Crippen LogP contribution in [0.3, 0.4) is 0 Å². The molecule has 0 aromatic heterocycles. The summed E-state index contributed by atoms with van der Waals surface area (Å²) < 4.78 is 0. The number of unbranched alkanes of at least 4 members (excludes halogenated alkanes) is 3. The minimum atomic E-state index is -0.185. The summed E-state index contributed by atoms with van der Waals surface area (Å²) >= 11 is 0. The van der Waals surface area contributed by atoms with Crippen molar-refractivity contribution in [2.75, 3.05) is 26.2 Å². The van der Waals surface area contributed by atoms with Gasteiger partial charge in [-0.05, 0) is 25.7 Å². The van der Waals surface area contributed by atoms with Gasteiger partial charge in [0.15, 0.2) is 5.96 Å². The molecule has 2 N–H and O–H groups in total. The van der Waals surface area contributed by atoms with E-state index >= 15 is 0 Å². The second-order valence-electron chi connectivity index (χ2n) is 6.22. The molecule has 5 heteroatoms. The molecule has 0 aromatic carbocycles. The Balaban J connectivity index is 0.00000400. The van der Waals surface area contributed by atoms with Crippen LogP contribution in [0, 0.1) is 5.92 Å². The molecule has 1 atom stereocenters. The van der Waals surface area contributed by atoms with Crippen molar-refractivity contribution in [3.05, 3.63) is 0 Å². The predicted octanol–water partition coefficient (Wildman–Crippen LogP) is 3.24. The van der Waals surface area contributed by atoms with E-state index in [9.17, 15) is 5.11 Å². The average Bonchev–Trinajstić information content (AvgIpc) is 2.82. The predicted molar refractivity (Wildman–Crippen MR) is 102 cm³/mol. The fourth-order valence-corrected chi connectivity index (χ4v) is 2.56. The molecule has 1 fully saturated rings. The molecule has 1 rings (SSSR count). The lowest BCUT2D eigenvalue weighted by Gasteiger charge is -2.20. The molecule has 126 valence electrons. The Labute approximate surface area is 147 Å². The van der Waals surface area contributed by atoms with Crippen LogP contribution in [0.1, 0.15) is 59.3 Å². The van der Waals surface area contributed by atoms with Crippen molar-refractivity contribution >= 4 is 29.9 Å². The first kappa shape index (κ1) is 21.0. The molecule has 0 amide bonds. The number of guanidine groups is 1. The van der Waals surface area contributed by atoms with Crippen molar-refractivity contribution in [1.82, 2.24) is 10.2 Å². The summed E-state index contributed by atoms with van der Waals surface area (Å²) in [6, 6.07) is 0. The molecule has 0 aliphatic carbocycles. The number of hydrogen-bond donors (Lipinski definition) is 2. The van der Waals surface area contributed by atoms with Crippen molar-refractivity contribution in [3.8, 4) is 0 Å². The normalized spacial score (nSPS) is 19.0. The number of nitrogens with zero attached hydrogens (tertiary/aromatic N) is 2. The van der Waals surface area contributed by atoms with E-state index in [4.69, 9.17) is 0 Å². The Morgan fingerprint density at radius 2 is 2.00 bits per heavy atom. The van der Waals surface area contributed by atoms with Gasteiger partial charge in [-0.2, -0.15) is 0 Å². The minimum Gasteiger partial charge on any atom is -0.391 e. The summed E-state index contributed by atoms with van der Waals surface area (Å²) in [6.45, 7) is 10.1. The molecule has 21 heavy (non-hydrogen) atoms. The van der Waals surface area contributed by atoms with Crippen molar-refractivity contribution in [3.63, 3.8) is 0 Å². The lowest BCUT2D eigenvalue weighted by molar-refractivity contribution is 0.188. The summed E-state index contributed by atoms with van der Waals surface area (Å²) in [5.74, 6) is 1.81. The molecule has 1 aliphatic rings. The molecule has 1 heterocycles. The first-order valence-corrected chi connectivity index (χ1v) is 8.34. The van der Waals surface area contributed by atoms with E-state index in [1.165, 1.54) is 32.1 Å².